The molecule has 1 aromatic carbocycles. The van der Waals surface area contributed by atoms with Crippen LogP contribution in [0.1, 0.15) is 57.4 Å². The Kier molecular flexibility index (Phi) is 8.60. The molecule has 2 atom stereocenters. The Bertz CT molecular complexity index is 819. The Morgan fingerprint density at radius 3 is 2.52 bits per heavy atom. The van der Waals surface area contributed by atoms with E-state index in [9.17, 15) is 23.6 Å². The van der Waals surface area contributed by atoms with Crippen LogP contribution in [0.4, 0.5) is 8.78 Å². The molecule has 0 radical (unpaired) electrons. The molecular formula is C22H27F2NO6. The van der Waals surface area contributed by atoms with E-state index in [-0.39, 0.29) is 36.9 Å². The number of benzene rings is 1. The number of carboxylic acid groups (broad SMARTS) is 1. The predicted octanol–water partition coefficient (Wildman–Crippen LogP) is 4.43. The van der Waals surface area contributed by atoms with Crippen molar-refractivity contribution in [2.24, 2.45) is 5.92 Å². The Morgan fingerprint density at radius 2 is 1.97 bits per heavy atom. The first kappa shape index (κ1) is 24.4. The van der Waals surface area contributed by atoms with Crippen molar-refractivity contribution in [1.29, 1.82) is 5.26 Å². The number of aliphatic carboxylic acids is 1. The molecule has 0 saturated heterocycles. The lowest BCUT2D eigenvalue weighted by Gasteiger charge is -2.30. The molecule has 1 aromatic rings. The van der Waals surface area contributed by atoms with Gasteiger partial charge in [0.2, 0.25) is 0 Å². The molecule has 9 heteroatoms. The van der Waals surface area contributed by atoms with Gasteiger partial charge in [0, 0.05) is 6.42 Å². The minimum atomic E-state index is -3.05. The van der Waals surface area contributed by atoms with Gasteiger partial charge in [-0.2, -0.15) is 14.0 Å². The van der Waals surface area contributed by atoms with Gasteiger partial charge in [-0.25, -0.2) is 0 Å². The fourth-order valence-corrected chi connectivity index (χ4v) is 3.93. The lowest BCUT2D eigenvalue weighted by atomic mass is 9.72. The third kappa shape index (κ3) is 6.54. The van der Waals surface area contributed by atoms with Gasteiger partial charge < -0.3 is 19.3 Å². The van der Waals surface area contributed by atoms with Crippen molar-refractivity contribution >= 4 is 11.9 Å². The lowest BCUT2D eigenvalue weighted by Crippen LogP contribution is -2.31. The van der Waals surface area contributed by atoms with E-state index in [1.807, 2.05) is 0 Å². The molecule has 0 aromatic heterocycles. The maximum atomic E-state index is 12.9. The number of carbonyl (C=O) groups excluding carboxylic acids is 1. The smallest absolute Gasteiger partial charge is 0.387 e. The van der Waals surface area contributed by atoms with E-state index in [2.05, 4.69) is 10.8 Å². The standard InChI is InChI=1S/C22H27F2NO6/c1-14(20(28)29-2)12-22(13-25,10-9-19(26)27)15-7-8-17(31-21(23)24)18(11-15)30-16-5-3-4-6-16/h7-8,11,14,16,21H,3-6,9-10,12H2,1-2H3,(H,26,27). The topological polar surface area (TPSA) is 106 Å². The largest absolute Gasteiger partial charge is 0.487 e. The monoisotopic (exact) mass is 439 g/mol. The first-order valence-electron chi connectivity index (χ1n) is 10.2. The molecule has 7 nitrogen and oxygen atoms in total. The van der Waals surface area contributed by atoms with Crippen LogP contribution >= 0.6 is 0 Å². The summed E-state index contributed by atoms with van der Waals surface area (Å²) in [6.07, 6.45) is 2.95. The number of hydrogen-bond donors (Lipinski definition) is 1. The highest BCUT2D eigenvalue weighted by Gasteiger charge is 2.38. The molecule has 31 heavy (non-hydrogen) atoms. The summed E-state index contributed by atoms with van der Waals surface area (Å²) >= 11 is 0. The van der Waals surface area contributed by atoms with Crippen molar-refractivity contribution in [1.82, 2.24) is 0 Å². The Balaban J connectivity index is 2.47. The van der Waals surface area contributed by atoms with E-state index in [1.54, 1.807) is 6.92 Å². The maximum Gasteiger partial charge on any atom is 0.387 e. The molecule has 1 N–H and O–H groups in total. The summed E-state index contributed by atoms with van der Waals surface area (Å²) < 4.78 is 41.0. The number of halogens is 2. The summed E-state index contributed by atoms with van der Waals surface area (Å²) in [5.41, 5.74) is -0.981. The molecule has 0 amide bonds. The van der Waals surface area contributed by atoms with E-state index >= 15 is 0 Å². The van der Waals surface area contributed by atoms with E-state index in [0.717, 1.165) is 25.7 Å². The highest BCUT2D eigenvalue weighted by Crippen LogP contribution is 2.41. The number of alkyl halides is 2. The minimum Gasteiger partial charge on any atom is -0.487 e. The molecule has 1 aliphatic carbocycles. The van der Waals surface area contributed by atoms with Gasteiger partial charge in [0.25, 0.3) is 0 Å². The van der Waals surface area contributed by atoms with Crippen LogP contribution in [0.5, 0.6) is 11.5 Å². The zero-order valence-electron chi connectivity index (χ0n) is 17.6. The van der Waals surface area contributed by atoms with Gasteiger partial charge in [-0.15, -0.1) is 0 Å². The molecule has 2 unspecified atom stereocenters. The summed E-state index contributed by atoms with van der Waals surface area (Å²) in [4.78, 5) is 23.2. The van der Waals surface area contributed by atoms with E-state index in [0.29, 0.717) is 5.56 Å². The van der Waals surface area contributed by atoms with Crippen molar-refractivity contribution in [2.45, 2.75) is 70.0 Å². The number of ether oxygens (including phenoxy) is 3. The van der Waals surface area contributed by atoms with Crippen LogP contribution in [0.15, 0.2) is 18.2 Å². The first-order chi connectivity index (χ1) is 14.7. The lowest BCUT2D eigenvalue weighted by molar-refractivity contribution is -0.145. The normalized spacial score (nSPS) is 16.9. The molecule has 0 aliphatic heterocycles. The van der Waals surface area contributed by atoms with Crippen molar-refractivity contribution in [3.63, 3.8) is 0 Å². The zero-order valence-corrected chi connectivity index (χ0v) is 17.6. The number of methoxy groups -OCH3 is 1. The summed E-state index contributed by atoms with van der Waals surface area (Å²) in [6.45, 7) is -1.47. The molecule has 170 valence electrons. The number of hydrogen-bond acceptors (Lipinski definition) is 6. The van der Waals surface area contributed by atoms with Crippen LogP contribution in [-0.4, -0.2) is 36.9 Å². The Morgan fingerprint density at radius 1 is 1.29 bits per heavy atom. The summed E-state index contributed by atoms with van der Waals surface area (Å²) in [6, 6.07) is 6.34. The molecule has 0 heterocycles. The van der Waals surface area contributed by atoms with Crippen LogP contribution < -0.4 is 9.47 Å². The SMILES string of the molecule is COC(=O)C(C)CC(C#N)(CCC(=O)O)c1ccc(OC(F)F)c(OC2CCCC2)c1. The molecule has 1 fully saturated rings. The molecule has 0 spiro atoms. The average molecular weight is 439 g/mol. The molecular weight excluding hydrogens is 412 g/mol. The highest BCUT2D eigenvalue weighted by molar-refractivity contribution is 5.72. The van der Waals surface area contributed by atoms with Gasteiger partial charge in [0.1, 0.15) is 0 Å². The van der Waals surface area contributed by atoms with E-state index in [4.69, 9.17) is 14.6 Å². The number of carboxylic acids is 1. The average Bonchev–Trinajstić information content (AvgIpc) is 3.24. The second-order valence-corrected chi connectivity index (χ2v) is 7.78. The molecule has 1 aliphatic rings. The number of carbonyl (C=O) groups is 2. The fourth-order valence-electron chi connectivity index (χ4n) is 3.93. The third-order valence-corrected chi connectivity index (χ3v) is 5.55. The number of nitriles is 1. The van der Waals surface area contributed by atoms with Gasteiger partial charge >= 0.3 is 18.6 Å². The summed E-state index contributed by atoms with van der Waals surface area (Å²) in [5.74, 6) is -2.39. The maximum absolute atomic E-state index is 12.9. The van der Waals surface area contributed by atoms with Gasteiger partial charge in [-0.05, 0) is 56.2 Å². The second kappa shape index (κ2) is 10.9. The van der Waals surface area contributed by atoms with Crippen LogP contribution in [0.25, 0.3) is 0 Å². The Labute approximate surface area is 179 Å². The van der Waals surface area contributed by atoms with Crippen LogP contribution in [0, 0.1) is 17.2 Å². The van der Waals surface area contributed by atoms with Crippen molar-refractivity contribution in [3.8, 4) is 17.6 Å². The van der Waals surface area contributed by atoms with Crippen molar-refractivity contribution in [3.05, 3.63) is 23.8 Å². The summed E-state index contributed by atoms with van der Waals surface area (Å²) in [5, 5.41) is 19.2. The van der Waals surface area contributed by atoms with Gasteiger partial charge in [-0.3, -0.25) is 9.59 Å². The predicted molar refractivity (Wildman–Crippen MR) is 106 cm³/mol. The minimum absolute atomic E-state index is 0.00136. The summed E-state index contributed by atoms with van der Waals surface area (Å²) in [7, 11) is 1.23. The number of esters is 1. The van der Waals surface area contributed by atoms with Crippen LogP contribution in [0.2, 0.25) is 0 Å². The third-order valence-electron chi connectivity index (χ3n) is 5.55. The number of nitrogens with zero attached hydrogens (tertiary/aromatic N) is 1. The zero-order chi connectivity index (χ0) is 23.0. The molecule has 1 saturated carbocycles. The van der Waals surface area contributed by atoms with Crippen molar-refractivity contribution < 1.29 is 37.7 Å². The number of rotatable bonds is 11. The van der Waals surface area contributed by atoms with Crippen LogP contribution in [0.3, 0.4) is 0 Å². The quantitative estimate of drug-likeness (QED) is 0.508. The van der Waals surface area contributed by atoms with Gasteiger partial charge in [-0.1, -0.05) is 13.0 Å². The Hall–Kier alpha value is -2.89. The molecule has 0 bridgehead atoms. The van der Waals surface area contributed by atoms with Gasteiger partial charge in [0.05, 0.1) is 30.6 Å². The fraction of sp³-hybridized carbons (Fsp3) is 0.591. The highest BCUT2D eigenvalue weighted by atomic mass is 19.3. The molecule has 2 rings (SSSR count). The van der Waals surface area contributed by atoms with E-state index < -0.39 is 29.9 Å². The van der Waals surface area contributed by atoms with E-state index in [1.165, 1.54) is 25.3 Å². The first-order valence-corrected chi connectivity index (χ1v) is 10.2. The van der Waals surface area contributed by atoms with Gasteiger partial charge in [0.15, 0.2) is 11.5 Å². The van der Waals surface area contributed by atoms with Crippen LogP contribution in [-0.2, 0) is 19.7 Å². The van der Waals surface area contributed by atoms with Crippen molar-refractivity contribution in [2.75, 3.05) is 7.11 Å². The second-order valence-electron chi connectivity index (χ2n) is 7.78.